The quantitative estimate of drug-likeness (QED) is 0.586. The van der Waals surface area contributed by atoms with Gasteiger partial charge in [-0.1, -0.05) is 6.92 Å². The Kier molecular flexibility index (Phi) is 6.95. The van der Waals surface area contributed by atoms with Crippen LogP contribution in [0.25, 0.3) is 0 Å². The molecule has 0 atom stereocenters. The minimum atomic E-state index is -0.413. The lowest BCUT2D eigenvalue weighted by atomic mass is 10.2. The number of benzene rings is 2. The molecule has 0 aliphatic rings. The number of ether oxygens (including phenoxy) is 2. The zero-order valence-corrected chi connectivity index (χ0v) is 14.3. The molecule has 2 rings (SSSR count). The van der Waals surface area contributed by atoms with Crippen molar-refractivity contribution in [3.05, 3.63) is 59.4 Å². The molecule has 0 aliphatic heterocycles. The van der Waals surface area contributed by atoms with Crippen LogP contribution in [0.4, 0.5) is 4.39 Å². The van der Waals surface area contributed by atoms with Crippen LogP contribution in [0.1, 0.15) is 36.2 Å². The highest BCUT2D eigenvalue weighted by Crippen LogP contribution is 2.28. The Morgan fingerprint density at radius 2 is 1.88 bits per heavy atom. The molecular weight excluding hydrogens is 323 g/mol. The molecule has 25 heavy (non-hydrogen) atoms. The van der Waals surface area contributed by atoms with E-state index >= 15 is 0 Å². The van der Waals surface area contributed by atoms with E-state index in [0.29, 0.717) is 30.3 Å². The van der Waals surface area contributed by atoms with Gasteiger partial charge in [0.05, 0.1) is 19.4 Å². The van der Waals surface area contributed by atoms with Gasteiger partial charge in [0.25, 0.3) is 5.91 Å². The van der Waals surface area contributed by atoms with Crippen LogP contribution < -0.4 is 14.9 Å². The molecule has 1 N–H and O–H groups in total. The first-order valence-electron chi connectivity index (χ1n) is 8.12. The summed E-state index contributed by atoms with van der Waals surface area (Å²) in [5, 5.41) is 3.92. The van der Waals surface area contributed by atoms with E-state index in [-0.39, 0.29) is 0 Å². The van der Waals surface area contributed by atoms with Crippen LogP contribution in [0.5, 0.6) is 11.5 Å². The van der Waals surface area contributed by atoms with E-state index in [9.17, 15) is 9.18 Å². The van der Waals surface area contributed by atoms with E-state index in [4.69, 9.17) is 9.47 Å². The fourth-order valence-corrected chi connectivity index (χ4v) is 2.04. The van der Waals surface area contributed by atoms with Crippen molar-refractivity contribution in [3.63, 3.8) is 0 Å². The monoisotopic (exact) mass is 344 g/mol. The van der Waals surface area contributed by atoms with Crippen LogP contribution in [-0.2, 0) is 0 Å². The highest BCUT2D eigenvalue weighted by atomic mass is 19.1. The molecule has 0 fully saturated rings. The van der Waals surface area contributed by atoms with E-state index in [1.54, 1.807) is 6.07 Å². The normalized spacial score (nSPS) is 10.7. The molecule has 0 bridgehead atoms. The first-order chi connectivity index (χ1) is 12.1. The van der Waals surface area contributed by atoms with E-state index in [2.05, 4.69) is 10.5 Å². The predicted octanol–water partition coefficient (Wildman–Crippen LogP) is 3.78. The Bertz CT molecular complexity index is 730. The van der Waals surface area contributed by atoms with Crippen LogP contribution in [0, 0.1) is 5.82 Å². The molecule has 6 heteroatoms. The Hall–Kier alpha value is -2.89. The van der Waals surface area contributed by atoms with Crippen molar-refractivity contribution in [2.24, 2.45) is 5.10 Å². The number of carbonyl (C=O) groups is 1. The smallest absolute Gasteiger partial charge is 0.271 e. The third-order valence-electron chi connectivity index (χ3n) is 3.22. The second kappa shape index (κ2) is 9.42. The van der Waals surface area contributed by atoms with E-state index in [1.807, 2.05) is 26.0 Å². The van der Waals surface area contributed by atoms with Gasteiger partial charge in [0.1, 0.15) is 5.82 Å². The van der Waals surface area contributed by atoms with Gasteiger partial charge in [0, 0.05) is 5.56 Å². The molecule has 0 saturated heterocycles. The number of nitrogens with one attached hydrogen (secondary N) is 1. The van der Waals surface area contributed by atoms with Crippen molar-refractivity contribution in [2.45, 2.75) is 20.3 Å². The number of hydrazone groups is 1. The van der Waals surface area contributed by atoms with E-state index < -0.39 is 11.7 Å². The molecule has 132 valence electrons. The highest BCUT2D eigenvalue weighted by Gasteiger charge is 2.06. The third-order valence-corrected chi connectivity index (χ3v) is 3.22. The van der Waals surface area contributed by atoms with Crippen molar-refractivity contribution in [1.82, 2.24) is 5.43 Å². The number of hydrogen-bond acceptors (Lipinski definition) is 4. The molecule has 0 unspecified atom stereocenters. The number of carbonyl (C=O) groups excluding carboxylic acids is 1. The van der Waals surface area contributed by atoms with Gasteiger partial charge in [0.15, 0.2) is 11.5 Å². The first kappa shape index (κ1) is 18.4. The van der Waals surface area contributed by atoms with Gasteiger partial charge in [0.2, 0.25) is 0 Å². The maximum absolute atomic E-state index is 12.9. The molecule has 2 aromatic carbocycles. The zero-order chi connectivity index (χ0) is 18.1. The molecule has 0 heterocycles. The molecule has 2 aromatic rings. The van der Waals surface area contributed by atoms with Crippen molar-refractivity contribution >= 4 is 12.1 Å². The lowest BCUT2D eigenvalue weighted by Crippen LogP contribution is -2.17. The van der Waals surface area contributed by atoms with Gasteiger partial charge >= 0.3 is 0 Å². The molecule has 0 aliphatic carbocycles. The SMILES string of the molecule is CCCOc1ccc(/C=N/NC(=O)c2ccc(F)cc2)cc1OCC. The lowest BCUT2D eigenvalue weighted by molar-refractivity contribution is 0.0955. The maximum Gasteiger partial charge on any atom is 0.271 e. The first-order valence-corrected chi connectivity index (χ1v) is 8.12. The molecule has 0 aromatic heterocycles. The number of hydrogen-bond donors (Lipinski definition) is 1. The molecule has 0 radical (unpaired) electrons. The summed E-state index contributed by atoms with van der Waals surface area (Å²) in [4.78, 5) is 11.9. The molecule has 5 nitrogen and oxygen atoms in total. The Balaban J connectivity index is 2.03. The summed E-state index contributed by atoms with van der Waals surface area (Å²) in [6.45, 7) is 5.06. The second-order valence-corrected chi connectivity index (χ2v) is 5.19. The largest absolute Gasteiger partial charge is 0.490 e. The van der Waals surface area contributed by atoms with Gasteiger partial charge in [-0.15, -0.1) is 0 Å². The van der Waals surface area contributed by atoms with Crippen molar-refractivity contribution in [2.75, 3.05) is 13.2 Å². The summed E-state index contributed by atoms with van der Waals surface area (Å²) < 4.78 is 24.1. The van der Waals surface area contributed by atoms with Crippen molar-refractivity contribution < 1.29 is 18.7 Å². The molecule has 0 saturated carbocycles. The van der Waals surface area contributed by atoms with Crippen molar-refractivity contribution in [1.29, 1.82) is 0 Å². The molecule has 1 amide bonds. The number of rotatable bonds is 8. The summed E-state index contributed by atoms with van der Waals surface area (Å²) in [6.07, 6.45) is 2.41. The van der Waals surface area contributed by atoms with Crippen LogP contribution in [-0.4, -0.2) is 25.3 Å². The molecule has 0 spiro atoms. The van der Waals surface area contributed by atoms with Crippen molar-refractivity contribution in [3.8, 4) is 11.5 Å². The topological polar surface area (TPSA) is 59.9 Å². The number of nitrogens with zero attached hydrogens (tertiary/aromatic N) is 1. The van der Waals surface area contributed by atoms with Crippen LogP contribution in [0.15, 0.2) is 47.6 Å². The Morgan fingerprint density at radius 1 is 1.12 bits per heavy atom. The lowest BCUT2D eigenvalue weighted by Gasteiger charge is -2.11. The fourth-order valence-electron chi connectivity index (χ4n) is 2.04. The summed E-state index contributed by atoms with van der Waals surface area (Å²) in [5.41, 5.74) is 3.49. The summed E-state index contributed by atoms with van der Waals surface area (Å²) in [7, 11) is 0. The van der Waals surface area contributed by atoms with Gasteiger partial charge in [-0.25, -0.2) is 9.82 Å². The summed E-state index contributed by atoms with van der Waals surface area (Å²) >= 11 is 0. The van der Waals surface area contributed by atoms with Gasteiger partial charge in [-0.2, -0.15) is 5.10 Å². The van der Waals surface area contributed by atoms with Gasteiger partial charge in [-0.3, -0.25) is 4.79 Å². The zero-order valence-electron chi connectivity index (χ0n) is 14.3. The minimum Gasteiger partial charge on any atom is -0.490 e. The average Bonchev–Trinajstić information content (AvgIpc) is 2.62. The van der Waals surface area contributed by atoms with Crippen LogP contribution in [0.2, 0.25) is 0 Å². The predicted molar refractivity (Wildman–Crippen MR) is 94.9 cm³/mol. The Labute approximate surface area is 146 Å². The highest BCUT2D eigenvalue weighted by molar-refractivity contribution is 5.94. The third kappa shape index (κ3) is 5.60. The van der Waals surface area contributed by atoms with Gasteiger partial charge < -0.3 is 9.47 Å². The molecular formula is C19H21FN2O3. The Morgan fingerprint density at radius 3 is 2.56 bits per heavy atom. The van der Waals surface area contributed by atoms with Crippen LogP contribution >= 0.6 is 0 Å². The van der Waals surface area contributed by atoms with Gasteiger partial charge in [-0.05, 0) is 61.4 Å². The van der Waals surface area contributed by atoms with E-state index in [0.717, 1.165) is 12.0 Å². The maximum atomic E-state index is 12.9. The second-order valence-electron chi connectivity index (χ2n) is 5.19. The minimum absolute atomic E-state index is 0.330. The summed E-state index contributed by atoms with van der Waals surface area (Å²) in [5.74, 6) is 0.499. The summed E-state index contributed by atoms with van der Waals surface area (Å²) in [6, 6.07) is 10.7. The fraction of sp³-hybridized carbons (Fsp3) is 0.263. The van der Waals surface area contributed by atoms with E-state index in [1.165, 1.54) is 30.5 Å². The standard InChI is InChI=1S/C19H21FN2O3/c1-3-11-25-17-10-5-14(12-18(17)24-4-2)13-21-22-19(23)15-6-8-16(20)9-7-15/h5-10,12-13H,3-4,11H2,1-2H3,(H,22,23)/b21-13+. The van der Waals surface area contributed by atoms with Crippen LogP contribution in [0.3, 0.4) is 0 Å². The number of amides is 1. The number of halogens is 1. The average molecular weight is 344 g/mol.